The molecule has 0 bridgehead atoms. The molecule has 12 heteroatoms. The minimum Gasteiger partial charge on any atom is -0.458 e. The highest BCUT2D eigenvalue weighted by Gasteiger charge is 2.28. The SMILES string of the molecule is COC(COc1nc(N2CCN(C(=O)OC(C)(C)C)CC2)c2cc(Cl)c(Br)c(F)c2n1)OC. The van der Waals surface area contributed by atoms with Gasteiger partial charge in [-0.25, -0.2) is 9.18 Å². The molecule has 1 fully saturated rings. The Hall–Kier alpha value is -1.95. The van der Waals surface area contributed by atoms with Crippen molar-refractivity contribution in [2.45, 2.75) is 32.7 Å². The molecule has 0 radical (unpaired) electrons. The molecule has 1 aliphatic heterocycles. The summed E-state index contributed by atoms with van der Waals surface area (Å²) in [7, 11) is 2.96. The number of aromatic nitrogens is 2. The third kappa shape index (κ3) is 6.14. The van der Waals surface area contributed by atoms with Crippen molar-refractivity contribution in [2.24, 2.45) is 0 Å². The number of piperazine rings is 1. The van der Waals surface area contributed by atoms with Crippen molar-refractivity contribution in [3.63, 3.8) is 0 Å². The lowest BCUT2D eigenvalue weighted by molar-refractivity contribution is -0.123. The molecule has 9 nitrogen and oxygen atoms in total. The summed E-state index contributed by atoms with van der Waals surface area (Å²) in [6, 6.07) is 1.58. The summed E-state index contributed by atoms with van der Waals surface area (Å²) in [6.45, 7) is 7.23. The van der Waals surface area contributed by atoms with Crippen molar-refractivity contribution in [3.8, 4) is 6.01 Å². The number of fused-ring (bicyclic) bond motifs is 1. The smallest absolute Gasteiger partial charge is 0.410 e. The molecule has 1 aliphatic rings. The van der Waals surface area contributed by atoms with Crippen LogP contribution in [0.4, 0.5) is 15.0 Å². The van der Waals surface area contributed by atoms with Gasteiger partial charge in [-0.15, -0.1) is 0 Å². The lowest BCUT2D eigenvalue weighted by atomic mass is 10.2. The highest BCUT2D eigenvalue weighted by molar-refractivity contribution is 9.10. The number of hydrogen-bond acceptors (Lipinski definition) is 8. The molecule has 0 unspecified atom stereocenters. The summed E-state index contributed by atoms with van der Waals surface area (Å²) in [4.78, 5) is 24.7. The van der Waals surface area contributed by atoms with E-state index in [1.54, 1.807) is 11.0 Å². The lowest BCUT2D eigenvalue weighted by Crippen LogP contribution is -2.50. The van der Waals surface area contributed by atoms with Gasteiger partial charge in [-0.1, -0.05) is 11.6 Å². The largest absolute Gasteiger partial charge is 0.458 e. The summed E-state index contributed by atoms with van der Waals surface area (Å²) in [5.41, 5.74) is -0.514. The lowest BCUT2D eigenvalue weighted by Gasteiger charge is -2.36. The fraction of sp³-hybridized carbons (Fsp3) is 0.571. The van der Waals surface area contributed by atoms with Crippen LogP contribution in [0.2, 0.25) is 5.02 Å². The predicted molar refractivity (Wildman–Crippen MR) is 126 cm³/mol. The molecule has 2 heterocycles. The normalized spacial score (nSPS) is 14.8. The average molecular weight is 550 g/mol. The molecule has 1 aromatic carbocycles. The quantitative estimate of drug-likeness (QED) is 0.391. The van der Waals surface area contributed by atoms with Crippen LogP contribution < -0.4 is 9.64 Å². The number of carbonyl (C=O) groups is 1. The number of halogens is 3. The molecule has 33 heavy (non-hydrogen) atoms. The molecular weight excluding hydrogens is 523 g/mol. The highest BCUT2D eigenvalue weighted by atomic mass is 79.9. The summed E-state index contributed by atoms with van der Waals surface area (Å²) >= 11 is 9.37. The van der Waals surface area contributed by atoms with Gasteiger partial charge in [0.15, 0.2) is 12.1 Å². The van der Waals surface area contributed by atoms with Crippen molar-refractivity contribution in [1.29, 1.82) is 0 Å². The van der Waals surface area contributed by atoms with Crippen LogP contribution in [0, 0.1) is 5.82 Å². The van der Waals surface area contributed by atoms with E-state index in [1.807, 2.05) is 25.7 Å². The number of benzene rings is 1. The van der Waals surface area contributed by atoms with E-state index in [1.165, 1.54) is 14.2 Å². The third-order valence-electron chi connectivity index (χ3n) is 4.89. The monoisotopic (exact) mass is 548 g/mol. The Morgan fingerprint density at radius 2 is 1.85 bits per heavy atom. The van der Waals surface area contributed by atoms with E-state index in [9.17, 15) is 4.79 Å². The molecule has 182 valence electrons. The van der Waals surface area contributed by atoms with Gasteiger partial charge in [0.05, 0.1) is 9.50 Å². The van der Waals surface area contributed by atoms with Gasteiger partial charge >= 0.3 is 12.1 Å². The fourth-order valence-corrected chi connectivity index (χ4v) is 3.74. The maximum Gasteiger partial charge on any atom is 0.410 e. The fourth-order valence-electron chi connectivity index (χ4n) is 3.24. The van der Waals surface area contributed by atoms with Crippen LogP contribution in [-0.2, 0) is 14.2 Å². The van der Waals surface area contributed by atoms with Gasteiger partial charge in [-0.3, -0.25) is 0 Å². The van der Waals surface area contributed by atoms with Gasteiger partial charge in [0, 0.05) is 45.8 Å². The number of ether oxygens (including phenoxy) is 4. The third-order valence-corrected chi connectivity index (χ3v) is 6.19. The van der Waals surface area contributed by atoms with Gasteiger partial charge in [-0.2, -0.15) is 9.97 Å². The molecule has 2 aromatic rings. The van der Waals surface area contributed by atoms with Gasteiger partial charge < -0.3 is 28.7 Å². The zero-order valence-electron chi connectivity index (χ0n) is 19.2. The van der Waals surface area contributed by atoms with Crippen LogP contribution in [0.3, 0.4) is 0 Å². The Morgan fingerprint density at radius 1 is 1.21 bits per heavy atom. The Balaban J connectivity index is 1.90. The van der Waals surface area contributed by atoms with Crippen molar-refractivity contribution in [1.82, 2.24) is 14.9 Å². The molecule has 1 amide bonds. The standard InChI is InChI=1S/C21H27BrClFN4O5/c1-21(2,3)33-20(29)28-8-6-27(7-9-28)18-12-10-13(23)15(22)16(24)17(12)25-19(26-18)32-11-14(30-4)31-5/h10,14H,6-9,11H2,1-5H3. The van der Waals surface area contributed by atoms with E-state index >= 15 is 4.39 Å². The zero-order valence-corrected chi connectivity index (χ0v) is 21.5. The Labute approximate surface area is 205 Å². The minimum absolute atomic E-state index is 0.0146. The van der Waals surface area contributed by atoms with Crippen LogP contribution >= 0.6 is 27.5 Å². The van der Waals surface area contributed by atoms with Crippen LogP contribution in [0.1, 0.15) is 20.8 Å². The highest BCUT2D eigenvalue weighted by Crippen LogP contribution is 2.36. The summed E-state index contributed by atoms with van der Waals surface area (Å²) in [6.07, 6.45) is -1.01. The summed E-state index contributed by atoms with van der Waals surface area (Å²) in [5.74, 6) is -0.160. The zero-order chi connectivity index (χ0) is 24.3. The molecule has 0 N–H and O–H groups in total. The first kappa shape index (κ1) is 25.7. The van der Waals surface area contributed by atoms with Gasteiger partial charge in [0.1, 0.15) is 23.5 Å². The summed E-state index contributed by atoms with van der Waals surface area (Å²) in [5, 5.41) is 0.638. The van der Waals surface area contributed by atoms with Crippen LogP contribution in [0.15, 0.2) is 10.5 Å². The van der Waals surface area contributed by atoms with Gasteiger partial charge in [-0.05, 0) is 42.8 Å². The van der Waals surface area contributed by atoms with E-state index in [0.29, 0.717) is 37.4 Å². The number of amides is 1. The molecule has 0 saturated carbocycles. The van der Waals surface area contributed by atoms with Crippen molar-refractivity contribution < 1.29 is 28.1 Å². The van der Waals surface area contributed by atoms with Crippen molar-refractivity contribution in [2.75, 3.05) is 51.9 Å². The topological polar surface area (TPSA) is 86.3 Å². The van der Waals surface area contributed by atoms with Crippen molar-refractivity contribution >= 4 is 50.3 Å². The second-order valence-corrected chi connectivity index (χ2v) is 9.58. The van der Waals surface area contributed by atoms with Crippen LogP contribution in [0.5, 0.6) is 6.01 Å². The van der Waals surface area contributed by atoms with E-state index in [-0.39, 0.29) is 33.7 Å². The second kappa shape index (κ2) is 10.5. The van der Waals surface area contributed by atoms with E-state index in [4.69, 9.17) is 30.5 Å². The molecular formula is C21H27BrClFN4O5. The number of methoxy groups -OCH3 is 2. The van der Waals surface area contributed by atoms with E-state index < -0.39 is 17.7 Å². The maximum absolute atomic E-state index is 15.0. The van der Waals surface area contributed by atoms with Crippen LogP contribution in [0.25, 0.3) is 10.9 Å². The van der Waals surface area contributed by atoms with E-state index in [2.05, 4.69) is 25.9 Å². The number of carbonyl (C=O) groups excluding carboxylic acids is 1. The maximum atomic E-state index is 15.0. The Morgan fingerprint density at radius 3 is 2.42 bits per heavy atom. The van der Waals surface area contributed by atoms with E-state index in [0.717, 1.165) is 0 Å². The molecule has 3 rings (SSSR count). The van der Waals surface area contributed by atoms with Gasteiger partial charge in [0.2, 0.25) is 0 Å². The first-order chi connectivity index (χ1) is 15.5. The molecule has 0 atom stereocenters. The number of nitrogens with zero attached hydrogens (tertiary/aromatic N) is 4. The first-order valence-electron chi connectivity index (χ1n) is 10.3. The number of rotatable bonds is 6. The second-order valence-electron chi connectivity index (χ2n) is 8.38. The Kier molecular flexibility index (Phi) is 8.20. The molecule has 0 aliphatic carbocycles. The Bertz CT molecular complexity index is 1010. The molecule has 1 aromatic heterocycles. The van der Waals surface area contributed by atoms with Crippen LogP contribution in [-0.4, -0.2) is 79.9 Å². The molecule has 1 saturated heterocycles. The minimum atomic E-state index is -0.632. The predicted octanol–water partition coefficient (Wildman–Crippen LogP) is 4.24. The summed E-state index contributed by atoms with van der Waals surface area (Å²) < 4.78 is 36.5. The van der Waals surface area contributed by atoms with Crippen molar-refractivity contribution in [3.05, 3.63) is 21.4 Å². The van der Waals surface area contributed by atoms with Gasteiger partial charge in [0.25, 0.3) is 0 Å². The average Bonchev–Trinajstić information content (AvgIpc) is 2.77. The number of hydrogen-bond donors (Lipinski definition) is 0. The molecule has 0 spiro atoms. The number of anilines is 1. The first-order valence-corrected chi connectivity index (χ1v) is 11.5.